The molecular weight excluding hydrogens is 175 g/mol. The second kappa shape index (κ2) is 3.42. The van der Waals surface area contributed by atoms with Gasteiger partial charge in [0.1, 0.15) is 0 Å². The topological polar surface area (TPSA) is 0 Å². The molecule has 0 saturated heterocycles. The summed E-state index contributed by atoms with van der Waals surface area (Å²) in [5, 5.41) is 2.00. The average molecular weight is 196 g/mol. The Morgan fingerprint density at radius 2 is 1.38 bits per heavy atom. The summed E-state index contributed by atoms with van der Waals surface area (Å²) in [5.41, 5.74) is 0. The van der Waals surface area contributed by atoms with Crippen molar-refractivity contribution in [3.63, 3.8) is 0 Å². The number of hydrogen-bond donors (Lipinski definition) is 0. The second-order valence-corrected chi connectivity index (χ2v) is 10.6. The Bertz CT molecular complexity index is 267. The van der Waals surface area contributed by atoms with Crippen molar-refractivity contribution in [1.82, 2.24) is 0 Å². The molecule has 0 fully saturated rings. The van der Waals surface area contributed by atoms with E-state index in [-0.39, 0.29) is 0 Å². The van der Waals surface area contributed by atoms with Crippen molar-refractivity contribution in [3.05, 3.63) is 30.3 Å². The maximum atomic E-state index is 2.45. The van der Waals surface area contributed by atoms with Crippen molar-refractivity contribution in [3.8, 4) is 0 Å². The number of hydrogen-bond acceptors (Lipinski definition) is 0. The van der Waals surface area contributed by atoms with Gasteiger partial charge >= 0.3 is 82.2 Å². The minimum absolute atomic E-state index is 0.439. The third-order valence-electron chi connectivity index (χ3n) is 3.37. The molecular formula is C12H21P. The molecule has 1 heteroatoms. The van der Waals surface area contributed by atoms with E-state index in [1.54, 1.807) is 5.30 Å². The quantitative estimate of drug-likeness (QED) is 0.605. The standard InChI is InChI=1S/C12H21P/c1-12(2,3)13(4,5)11-9-7-6-8-10-11/h6-10,13H,1-5H3. The fourth-order valence-electron chi connectivity index (χ4n) is 1.29. The molecule has 0 nitrogen and oxygen atoms in total. The van der Waals surface area contributed by atoms with Crippen molar-refractivity contribution in [2.75, 3.05) is 13.3 Å². The summed E-state index contributed by atoms with van der Waals surface area (Å²) in [4.78, 5) is 0. The van der Waals surface area contributed by atoms with Crippen LogP contribution in [-0.2, 0) is 0 Å². The number of rotatable bonds is 1. The molecule has 0 spiro atoms. The van der Waals surface area contributed by atoms with Gasteiger partial charge in [-0.15, -0.1) is 0 Å². The van der Waals surface area contributed by atoms with Crippen LogP contribution in [0.3, 0.4) is 0 Å². The van der Waals surface area contributed by atoms with Gasteiger partial charge in [0.2, 0.25) is 0 Å². The van der Waals surface area contributed by atoms with Crippen LogP contribution in [0.25, 0.3) is 0 Å². The fourth-order valence-corrected chi connectivity index (χ4v) is 3.18. The van der Waals surface area contributed by atoms with Crippen LogP contribution >= 0.6 is 7.26 Å². The second-order valence-electron chi connectivity index (χ2n) is 5.24. The molecule has 1 aromatic rings. The van der Waals surface area contributed by atoms with E-state index in [4.69, 9.17) is 0 Å². The first-order valence-electron chi connectivity index (χ1n) is 4.91. The first kappa shape index (κ1) is 10.7. The average Bonchev–Trinajstić information content (AvgIpc) is 2.04. The van der Waals surface area contributed by atoms with E-state index in [1.165, 1.54) is 0 Å². The third kappa shape index (κ3) is 2.11. The van der Waals surface area contributed by atoms with Gasteiger partial charge in [0.25, 0.3) is 0 Å². The Morgan fingerprint density at radius 1 is 0.923 bits per heavy atom. The van der Waals surface area contributed by atoms with Gasteiger partial charge in [-0.05, 0) is 0 Å². The van der Waals surface area contributed by atoms with E-state index in [9.17, 15) is 0 Å². The minimum atomic E-state index is -1.28. The molecule has 0 saturated carbocycles. The summed E-state index contributed by atoms with van der Waals surface area (Å²) < 4.78 is 0. The normalized spacial score (nSPS) is 14.2. The third-order valence-corrected chi connectivity index (χ3v) is 8.90. The first-order valence-corrected chi connectivity index (χ1v) is 7.91. The van der Waals surface area contributed by atoms with Crippen LogP contribution in [0, 0.1) is 0 Å². The molecule has 0 radical (unpaired) electrons. The monoisotopic (exact) mass is 196 g/mol. The van der Waals surface area contributed by atoms with E-state index in [2.05, 4.69) is 64.4 Å². The summed E-state index contributed by atoms with van der Waals surface area (Å²) in [6, 6.07) is 10.9. The summed E-state index contributed by atoms with van der Waals surface area (Å²) >= 11 is 0. The molecule has 0 aliphatic carbocycles. The van der Waals surface area contributed by atoms with Gasteiger partial charge < -0.3 is 0 Å². The molecule has 0 unspecified atom stereocenters. The fraction of sp³-hybridized carbons (Fsp3) is 0.500. The van der Waals surface area contributed by atoms with Gasteiger partial charge in [0.15, 0.2) is 0 Å². The summed E-state index contributed by atoms with van der Waals surface area (Å²) in [5.74, 6) is 0. The van der Waals surface area contributed by atoms with E-state index in [1.807, 2.05) is 0 Å². The summed E-state index contributed by atoms with van der Waals surface area (Å²) in [6.07, 6.45) is 0. The molecule has 1 rings (SSSR count). The molecule has 13 heavy (non-hydrogen) atoms. The molecule has 74 valence electrons. The van der Waals surface area contributed by atoms with Crippen molar-refractivity contribution in [2.24, 2.45) is 0 Å². The molecule has 0 N–H and O–H groups in total. The van der Waals surface area contributed by atoms with Gasteiger partial charge in [0, 0.05) is 0 Å². The van der Waals surface area contributed by atoms with E-state index < -0.39 is 7.26 Å². The van der Waals surface area contributed by atoms with Gasteiger partial charge in [-0.25, -0.2) is 0 Å². The van der Waals surface area contributed by atoms with Crippen LogP contribution in [0.4, 0.5) is 0 Å². The van der Waals surface area contributed by atoms with Gasteiger partial charge in [0.05, 0.1) is 0 Å². The zero-order chi connectivity index (χ0) is 10.1. The Kier molecular flexibility index (Phi) is 2.82. The van der Waals surface area contributed by atoms with Crippen LogP contribution < -0.4 is 5.30 Å². The van der Waals surface area contributed by atoms with Gasteiger partial charge in [-0.2, -0.15) is 0 Å². The molecule has 0 heterocycles. The number of benzene rings is 1. The Hall–Kier alpha value is -0.350. The molecule has 0 amide bonds. The molecule has 0 bridgehead atoms. The van der Waals surface area contributed by atoms with Crippen molar-refractivity contribution < 1.29 is 0 Å². The molecule has 0 aliphatic rings. The Morgan fingerprint density at radius 3 is 1.77 bits per heavy atom. The van der Waals surface area contributed by atoms with Gasteiger partial charge in [-0.1, -0.05) is 0 Å². The van der Waals surface area contributed by atoms with Crippen LogP contribution in [0.2, 0.25) is 0 Å². The van der Waals surface area contributed by atoms with Crippen LogP contribution in [0.15, 0.2) is 30.3 Å². The van der Waals surface area contributed by atoms with Crippen molar-refractivity contribution >= 4 is 12.6 Å². The van der Waals surface area contributed by atoms with Crippen LogP contribution in [0.5, 0.6) is 0 Å². The van der Waals surface area contributed by atoms with Crippen LogP contribution in [0.1, 0.15) is 20.8 Å². The molecule has 0 aromatic heterocycles. The SMILES string of the molecule is CC(C)(C)[PH](C)(C)c1ccccc1. The predicted molar refractivity (Wildman–Crippen MR) is 66.0 cm³/mol. The zero-order valence-corrected chi connectivity index (χ0v) is 10.4. The van der Waals surface area contributed by atoms with E-state index in [0.717, 1.165) is 0 Å². The predicted octanol–water partition coefficient (Wildman–Crippen LogP) is 3.12. The zero-order valence-electron chi connectivity index (χ0n) is 9.39. The van der Waals surface area contributed by atoms with Gasteiger partial charge in [-0.3, -0.25) is 0 Å². The van der Waals surface area contributed by atoms with Crippen molar-refractivity contribution in [2.45, 2.75) is 25.9 Å². The Balaban J connectivity index is 3.08. The molecule has 1 aromatic carbocycles. The first-order chi connectivity index (χ1) is 5.86. The van der Waals surface area contributed by atoms with Crippen molar-refractivity contribution in [1.29, 1.82) is 0 Å². The summed E-state index contributed by atoms with van der Waals surface area (Å²) in [7, 11) is -1.28. The van der Waals surface area contributed by atoms with E-state index in [0.29, 0.717) is 5.16 Å². The Labute approximate surface area is 82.7 Å². The molecule has 0 aliphatic heterocycles. The summed E-state index contributed by atoms with van der Waals surface area (Å²) in [6.45, 7) is 12.0. The maximum absolute atomic E-state index is 2.45. The molecule has 0 atom stereocenters. The van der Waals surface area contributed by atoms with E-state index >= 15 is 0 Å². The van der Waals surface area contributed by atoms with Crippen LogP contribution in [-0.4, -0.2) is 18.5 Å².